The van der Waals surface area contributed by atoms with Gasteiger partial charge in [0.1, 0.15) is 6.33 Å². The van der Waals surface area contributed by atoms with Crippen molar-refractivity contribution in [1.29, 1.82) is 0 Å². The summed E-state index contributed by atoms with van der Waals surface area (Å²) in [7, 11) is 1.39. The van der Waals surface area contributed by atoms with E-state index in [4.69, 9.17) is 4.74 Å². The van der Waals surface area contributed by atoms with Crippen LogP contribution in [0.1, 0.15) is 12.6 Å². The van der Waals surface area contributed by atoms with Crippen molar-refractivity contribution in [2.75, 3.05) is 19.0 Å². The van der Waals surface area contributed by atoms with Crippen molar-refractivity contribution in [2.45, 2.75) is 13.1 Å². The summed E-state index contributed by atoms with van der Waals surface area (Å²) < 4.78 is 43.8. The number of nitrogens with zero attached hydrogens (tertiary/aromatic N) is 4. The molecule has 20 heavy (non-hydrogen) atoms. The molecular formula is C11H12F3N5O. The highest BCUT2D eigenvalue weighted by atomic mass is 19.4. The second-order valence-electron chi connectivity index (χ2n) is 3.75. The van der Waals surface area contributed by atoms with Gasteiger partial charge in [-0.2, -0.15) is 18.3 Å². The van der Waals surface area contributed by atoms with Gasteiger partial charge in [-0.15, -0.1) is 0 Å². The summed E-state index contributed by atoms with van der Waals surface area (Å²) in [6.07, 6.45) is -2.11. The maximum atomic E-state index is 12.5. The number of nitrogens with one attached hydrogen (secondary N) is 1. The molecule has 6 nitrogen and oxygen atoms in total. The Balaban J connectivity index is 2.47. The largest absolute Gasteiger partial charge is 0.490 e. The number of aromatic nitrogens is 4. The SMILES string of the molecule is CCNc1ncnc(-n2ccc(C(F)(F)F)n2)c1OC. The third kappa shape index (κ3) is 2.65. The lowest BCUT2D eigenvalue weighted by Crippen LogP contribution is -2.10. The van der Waals surface area contributed by atoms with E-state index in [2.05, 4.69) is 20.4 Å². The number of hydrogen-bond donors (Lipinski definition) is 1. The zero-order chi connectivity index (χ0) is 14.8. The molecule has 0 fully saturated rings. The van der Waals surface area contributed by atoms with Crippen molar-refractivity contribution in [1.82, 2.24) is 19.7 Å². The van der Waals surface area contributed by atoms with Crippen LogP contribution in [0, 0.1) is 0 Å². The summed E-state index contributed by atoms with van der Waals surface area (Å²) in [4.78, 5) is 7.89. The van der Waals surface area contributed by atoms with Crippen LogP contribution >= 0.6 is 0 Å². The number of ether oxygens (including phenoxy) is 1. The molecule has 0 aliphatic rings. The van der Waals surface area contributed by atoms with Gasteiger partial charge in [0, 0.05) is 12.7 Å². The van der Waals surface area contributed by atoms with E-state index < -0.39 is 11.9 Å². The number of rotatable bonds is 4. The average molecular weight is 287 g/mol. The molecule has 9 heteroatoms. The number of alkyl halides is 3. The van der Waals surface area contributed by atoms with Crippen LogP contribution in [-0.2, 0) is 6.18 Å². The van der Waals surface area contributed by atoms with Gasteiger partial charge >= 0.3 is 6.18 Å². The highest BCUT2D eigenvalue weighted by molar-refractivity contribution is 5.57. The van der Waals surface area contributed by atoms with E-state index in [0.29, 0.717) is 12.4 Å². The van der Waals surface area contributed by atoms with Crippen molar-refractivity contribution in [3.05, 3.63) is 24.3 Å². The van der Waals surface area contributed by atoms with Crippen LogP contribution in [0.5, 0.6) is 5.75 Å². The lowest BCUT2D eigenvalue weighted by Gasteiger charge is -2.11. The van der Waals surface area contributed by atoms with Crippen molar-refractivity contribution < 1.29 is 17.9 Å². The van der Waals surface area contributed by atoms with Crippen LogP contribution in [0.4, 0.5) is 19.0 Å². The molecule has 2 heterocycles. The molecule has 0 atom stereocenters. The summed E-state index contributed by atoms with van der Waals surface area (Å²) >= 11 is 0. The molecule has 0 spiro atoms. The molecule has 0 aliphatic carbocycles. The lowest BCUT2D eigenvalue weighted by molar-refractivity contribution is -0.141. The van der Waals surface area contributed by atoms with Crippen LogP contribution in [0.3, 0.4) is 0 Å². The molecule has 0 saturated carbocycles. The third-order valence-electron chi connectivity index (χ3n) is 2.43. The minimum atomic E-state index is -4.50. The molecule has 1 N–H and O–H groups in total. The fraction of sp³-hybridized carbons (Fsp3) is 0.364. The fourth-order valence-electron chi connectivity index (χ4n) is 1.60. The Morgan fingerprint density at radius 1 is 1.35 bits per heavy atom. The van der Waals surface area contributed by atoms with Crippen molar-refractivity contribution in [2.24, 2.45) is 0 Å². The number of anilines is 1. The smallest absolute Gasteiger partial charge is 0.435 e. The van der Waals surface area contributed by atoms with Crippen LogP contribution in [0.15, 0.2) is 18.6 Å². The Bertz CT molecular complexity index is 596. The van der Waals surface area contributed by atoms with Crippen LogP contribution in [-0.4, -0.2) is 33.4 Å². The van der Waals surface area contributed by atoms with Crippen molar-refractivity contribution in [3.8, 4) is 11.6 Å². The summed E-state index contributed by atoms with van der Waals surface area (Å²) in [5, 5.41) is 6.39. The van der Waals surface area contributed by atoms with Gasteiger partial charge < -0.3 is 10.1 Å². The van der Waals surface area contributed by atoms with Crippen molar-refractivity contribution in [3.63, 3.8) is 0 Å². The molecule has 0 bridgehead atoms. The molecule has 108 valence electrons. The Morgan fingerprint density at radius 2 is 2.10 bits per heavy atom. The van der Waals surface area contributed by atoms with E-state index >= 15 is 0 Å². The second kappa shape index (κ2) is 5.35. The predicted molar refractivity (Wildman–Crippen MR) is 64.9 cm³/mol. The van der Waals surface area contributed by atoms with Crippen LogP contribution in [0.25, 0.3) is 5.82 Å². The van der Waals surface area contributed by atoms with Gasteiger partial charge in [0.05, 0.1) is 7.11 Å². The maximum Gasteiger partial charge on any atom is 0.435 e. The Morgan fingerprint density at radius 3 is 2.65 bits per heavy atom. The number of halogens is 3. The zero-order valence-electron chi connectivity index (χ0n) is 10.8. The molecular weight excluding hydrogens is 275 g/mol. The van der Waals surface area contributed by atoms with Gasteiger partial charge in [-0.25, -0.2) is 14.6 Å². The van der Waals surface area contributed by atoms with E-state index in [1.165, 1.54) is 19.6 Å². The quantitative estimate of drug-likeness (QED) is 0.933. The molecule has 2 rings (SSSR count). The summed E-state index contributed by atoms with van der Waals surface area (Å²) in [5.74, 6) is 0.754. The lowest BCUT2D eigenvalue weighted by atomic mass is 10.4. The topological polar surface area (TPSA) is 64.9 Å². The van der Waals surface area contributed by atoms with E-state index in [1.54, 1.807) is 0 Å². The first-order valence-corrected chi connectivity index (χ1v) is 5.73. The minimum Gasteiger partial charge on any atom is -0.490 e. The standard InChI is InChI=1S/C11H12F3N5O/c1-3-15-9-8(20-2)10(17-6-16-9)19-5-4-7(18-19)11(12,13)14/h4-6H,3H2,1-2H3,(H,15,16,17). The number of hydrogen-bond acceptors (Lipinski definition) is 5. The molecule has 0 unspecified atom stereocenters. The fourth-order valence-corrected chi connectivity index (χ4v) is 1.60. The van der Waals surface area contributed by atoms with Crippen LogP contribution < -0.4 is 10.1 Å². The summed E-state index contributed by atoms with van der Waals surface area (Å²) in [5.41, 5.74) is -0.997. The first-order chi connectivity index (χ1) is 9.47. The molecule has 2 aromatic heterocycles. The molecule has 2 aromatic rings. The highest BCUT2D eigenvalue weighted by Gasteiger charge is 2.34. The van der Waals surface area contributed by atoms with Gasteiger partial charge in [0.2, 0.25) is 11.6 Å². The van der Waals surface area contributed by atoms with E-state index in [-0.39, 0.29) is 11.6 Å². The Hall–Kier alpha value is -2.32. The first kappa shape index (κ1) is 14.1. The summed E-state index contributed by atoms with van der Waals surface area (Å²) in [6, 6.07) is 0.870. The summed E-state index contributed by atoms with van der Waals surface area (Å²) in [6.45, 7) is 2.44. The van der Waals surface area contributed by atoms with Gasteiger partial charge in [0.15, 0.2) is 11.5 Å². The third-order valence-corrected chi connectivity index (χ3v) is 2.43. The van der Waals surface area contributed by atoms with Gasteiger partial charge in [-0.05, 0) is 13.0 Å². The molecule has 0 aromatic carbocycles. The molecule has 0 aliphatic heterocycles. The highest BCUT2D eigenvalue weighted by Crippen LogP contribution is 2.30. The van der Waals surface area contributed by atoms with E-state index in [1.807, 2.05) is 6.92 Å². The molecule has 0 saturated heterocycles. The Kier molecular flexibility index (Phi) is 3.77. The van der Waals surface area contributed by atoms with E-state index in [0.717, 1.165) is 10.7 Å². The number of methoxy groups -OCH3 is 1. The van der Waals surface area contributed by atoms with Crippen LogP contribution in [0.2, 0.25) is 0 Å². The average Bonchev–Trinajstić information content (AvgIpc) is 2.88. The van der Waals surface area contributed by atoms with Crippen molar-refractivity contribution >= 4 is 5.82 Å². The van der Waals surface area contributed by atoms with Gasteiger partial charge in [0.25, 0.3) is 0 Å². The normalized spacial score (nSPS) is 11.4. The monoisotopic (exact) mass is 287 g/mol. The Labute approximate surface area is 112 Å². The molecule has 0 amide bonds. The zero-order valence-corrected chi connectivity index (χ0v) is 10.8. The minimum absolute atomic E-state index is 0.133. The second-order valence-corrected chi connectivity index (χ2v) is 3.75. The maximum absolute atomic E-state index is 12.5. The van der Waals surface area contributed by atoms with Gasteiger partial charge in [-0.1, -0.05) is 0 Å². The predicted octanol–water partition coefficient (Wildman–Crippen LogP) is 2.12. The first-order valence-electron chi connectivity index (χ1n) is 5.73. The molecule has 0 radical (unpaired) electrons. The van der Waals surface area contributed by atoms with E-state index in [9.17, 15) is 13.2 Å². The van der Waals surface area contributed by atoms with Gasteiger partial charge in [-0.3, -0.25) is 0 Å².